The smallest absolute Gasteiger partial charge is 0.330 e. The lowest BCUT2D eigenvalue weighted by Crippen LogP contribution is -2.45. The highest BCUT2D eigenvalue weighted by molar-refractivity contribution is 6.21. The average Bonchev–Trinajstić information content (AvgIpc) is 3.08. The summed E-state index contributed by atoms with van der Waals surface area (Å²) in [4.78, 5) is 39.3. The number of hydrogen-bond acceptors (Lipinski definition) is 3. The molecule has 0 unspecified atom stereocenters. The first-order valence-corrected chi connectivity index (χ1v) is 7.91. The summed E-state index contributed by atoms with van der Waals surface area (Å²) in [6, 6.07) is 6.61. The van der Waals surface area contributed by atoms with Crippen LogP contribution in [-0.2, 0) is 11.2 Å². The van der Waals surface area contributed by atoms with Crippen molar-refractivity contribution in [3.05, 3.63) is 47.2 Å². The Hall–Kier alpha value is -2.63. The maximum absolute atomic E-state index is 12.5. The zero-order valence-corrected chi connectivity index (χ0v) is 12.6. The molecule has 3 aliphatic rings. The van der Waals surface area contributed by atoms with E-state index in [2.05, 4.69) is 5.32 Å². The van der Waals surface area contributed by atoms with Gasteiger partial charge in [0.25, 0.3) is 5.91 Å². The van der Waals surface area contributed by atoms with Gasteiger partial charge in [-0.1, -0.05) is 30.3 Å². The molecule has 1 aliphatic carbocycles. The average molecular weight is 311 g/mol. The van der Waals surface area contributed by atoms with Gasteiger partial charge in [0.2, 0.25) is 0 Å². The number of urea groups is 2. The van der Waals surface area contributed by atoms with Gasteiger partial charge >= 0.3 is 12.1 Å². The monoisotopic (exact) mass is 311 g/mol. The molecule has 1 saturated heterocycles. The number of benzene rings is 1. The minimum atomic E-state index is -0.628. The van der Waals surface area contributed by atoms with Gasteiger partial charge in [0.15, 0.2) is 0 Å². The molecule has 0 aromatic heterocycles. The van der Waals surface area contributed by atoms with Gasteiger partial charge in [-0.15, -0.1) is 0 Å². The van der Waals surface area contributed by atoms with Crippen LogP contribution < -0.4 is 5.32 Å². The standard InChI is InChI=1S/C17H17N3O3/c21-15-14-7-3-4-10-19(14)17(23)20(15)16(22)18-13-9-8-11-5-1-2-6-12(11)13/h1-2,5-7,13H,3-4,8-10H2,(H,18,22)/t13-/m0/s1. The molecule has 1 aromatic carbocycles. The second-order valence-electron chi connectivity index (χ2n) is 6.05. The highest BCUT2D eigenvalue weighted by atomic mass is 16.2. The third-order valence-corrected chi connectivity index (χ3v) is 4.69. The summed E-state index contributed by atoms with van der Waals surface area (Å²) in [6.45, 7) is 0.493. The molecule has 0 radical (unpaired) electrons. The lowest BCUT2D eigenvalue weighted by Gasteiger charge is -2.20. The van der Waals surface area contributed by atoms with E-state index in [9.17, 15) is 14.4 Å². The molecular weight excluding hydrogens is 294 g/mol. The van der Waals surface area contributed by atoms with Crippen molar-refractivity contribution in [1.29, 1.82) is 0 Å². The fourth-order valence-corrected chi connectivity index (χ4v) is 3.54. The van der Waals surface area contributed by atoms with Gasteiger partial charge in [-0.25, -0.2) is 9.59 Å². The Kier molecular flexibility index (Phi) is 3.18. The van der Waals surface area contributed by atoms with Crippen LogP contribution in [0.4, 0.5) is 9.59 Å². The molecule has 2 aliphatic heterocycles. The van der Waals surface area contributed by atoms with Gasteiger partial charge in [0.1, 0.15) is 5.70 Å². The molecule has 0 saturated carbocycles. The first-order valence-electron chi connectivity index (χ1n) is 7.91. The summed E-state index contributed by atoms with van der Waals surface area (Å²) in [5, 5.41) is 2.84. The Morgan fingerprint density at radius 3 is 2.87 bits per heavy atom. The van der Waals surface area contributed by atoms with Gasteiger partial charge in [0, 0.05) is 6.54 Å². The molecule has 6 heteroatoms. The molecule has 23 heavy (non-hydrogen) atoms. The quantitative estimate of drug-likeness (QED) is 0.809. The van der Waals surface area contributed by atoms with Crippen LogP contribution in [0.3, 0.4) is 0 Å². The number of fused-ring (bicyclic) bond motifs is 2. The van der Waals surface area contributed by atoms with Gasteiger partial charge < -0.3 is 5.32 Å². The van der Waals surface area contributed by atoms with E-state index in [0.717, 1.165) is 36.1 Å². The number of carbonyl (C=O) groups excluding carboxylic acids is 3. The third kappa shape index (κ3) is 2.13. The number of hydrogen-bond donors (Lipinski definition) is 1. The fourth-order valence-electron chi connectivity index (χ4n) is 3.54. The van der Waals surface area contributed by atoms with Crippen LogP contribution in [0.2, 0.25) is 0 Å². The Bertz CT molecular complexity index is 740. The van der Waals surface area contributed by atoms with Crippen molar-refractivity contribution in [3.8, 4) is 0 Å². The minimum Gasteiger partial charge on any atom is -0.330 e. The zero-order valence-electron chi connectivity index (χ0n) is 12.6. The molecule has 6 nitrogen and oxygen atoms in total. The van der Waals surface area contributed by atoms with Crippen LogP contribution in [0, 0.1) is 0 Å². The SMILES string of the molecule is O=C(N[C@H]1CCc2ccccc21)N1C(=O)C2=CCCCN2C1=O. The highest BCUT2D eigenvalue weighted by Gasteiger charge is 2.45. The molecule has 5 amide bonds. The Labute approximate surface area is 133 Å². The summed E-state index contributed by atoms with van der Waals surface area (Å²) in [5.41, 5.74) is 2.61. The fraction of sp³-hybridized carbons (Fsp3) is 0.353. The largest absolute Gasteiger partial charge is 0.340 e. The molecule has 118 valence electrons. The third-order valence-electron chi connectivity index (χ3n) is 4.69. The summed E-state index contributed by atoms with van der Waals surface area (Å²) in [6.07, 6.45) is 4.99. The lowest BCUT2D eigenvalue weighted by atomic mass is 10.1. The molecule has 2 heterocycles. The Balaban J connectivity index is 1.54. The number of allylic oxidation sites excluding steroid dienone is 1. The van der Waals surface area contributed by atoms with Gasteiger partial charge in [-0.2, -0.15) is 4.90 Å². The van der Waals surface area contributed by atoms with Crippen molar-refractivity contribution in [2.24, 2.45) is 0 Å². The second-order valence-corrected chi connectivity index (χ2v) is 6.05. The van der Waals surface area contributed by atoms with Crippen LogP contribution >= 0.6 is 0 Å². The second kappa shape index (κ2) is 5.22. The highest BCUT2D eigenvalue weighted by Crippen LogP contribution is 2.32. The number of rotatable bonds is 1. The lowest BCUT2D eigenvalue weighted by molar-refractivity contribution is -0.121. The van der Waals surface area contributed by atoms with Crippen molar-refractivity contribution in [2.45, 2.75) is 31.7 Å². The number of imide groups is 3. The molecule has 1 N–H and O–H groups in total. The van der Waals surface area contributed by atoms with Crippen LogP contribution in [0.5, 0.6) is 0 Å². The molecule has 1 aromatic rings. The topological polar surface area (TPSA) is 69.7 Å². The van der Waals surface area contributed by atoms with Gasteiger partial charge in [-0.3, -0.25) is 9.69 Å². The number of amides is 5. The normalized spacial score (nSPS) is 22.8. The zero-order chi connectivity index (χ0) is 16.0. The number of aryl methyl sites for hydroxylation is 1. The maximum Gasteiger partial charge on any atom is 0.340 e. The number of nitrogens with one attached hydrogen (secondary N) is 1. The van der Waals surface area contributed by atoms with Crippen molar-refractivity contribution in [1.82, 2.24) is 15.1 Å². The van der Waals surface area contributed by atoms with Crippen LogP contribution in [-0.4, -0.2) is 34.3 Å². The van der Waals surface area contributed by atoms with E-state index in [1.165, 1.54) is 10.5 Å². The van der Waals surface area contributed by atoms with Gasteiger partial charge in [0.05, 0.1) is 6.04 Å². The predicted molar refractivity (Wildman–Crippen MR) is 82.3 cm³/mol. The van der Waals surface area contributed by atoms with Crippen molar-refractivity contribution < 1.29 is 14.4 Å². The van der Waals surface area contributed by atoms with Gasteiger partial charge in [-0.05, 0) is 36.8 Å². The van der Waals surface area contributed by atoms with Crippen molar-refractivity contribution in [2.75, 3.05) is 6.54 Å². The van der Waals surface area contributed by atoms with E-state index < -0.39 is 18.0 Å². The Morgan fingerprint density at radius 2 is 2.04 bits per heavy atom. The maximum atomic E-state index is 12.5. The van der Waals surface area contributed by atoms with Crippen LogP contribution in [0.25, 0.3) is 0 Å². The van der Waals surface area contributed by atoms with E-state index in [1.807, 2.05) is 24.3 Å². The van der Waals surface area contributed by atoms with E-state index >= 15 is 0 Å². The Morgan fingerprint density at radius 1 is 1.22 bits per heavy atom. The first kappa shape index (κ1) is 14.0. The predicted octanol–water partition coefficient (Wildman–Crippen LogP) is 2.33. The molecule has 1 atom stereocenters. The minimum absolute atomic E-state index is 0.147. The van der Waals surface area contributed by atoms with E-state index in [-0.39, 0.29) is 6.04 Å². The number of carbonyl (C=O) groups is 3. The summed E-state index contributed by atoms with van der Waals surface area (Å²) < 4.78 is 0. The van der Waals surface area contributed by atoms with Crippen molar-refractivity contribution >= 4 is 18.0 Å². The molecule has 1 fully saturated rings. The van der Waals surface area contributed by atoms with E-state index in [4.69, 9.17) is 0 Å². The molecule has 0 bridgehead atoms. The van der Waals surface area contributed by atoms with Crippen molar-refractivity contribution in [3.63, 3.8) is 0 Å². The molecule has 4 rings (SSSR count). The van der Waals surface area contributed by atoms with E-state index in [1.54, 1.807) is 6.08 Å². The summed E-state index contributed by atoms with van der Waals surface area (Å²) in [7, 11) is 0. The summed E-state index contributed by atoms with van der Waals surface area (Å²) >= 11 is 0. The summed E-state index contributed by atoms with van der Waals surface area (Å²) in [5.74, 6) is -0.515. The molecular formula is C17H17N3O3. The first-order chi connectivity index (χ1) is 11.2. The molecule has 0 spiro atoms. The number of nitrogens with zero attached hydrogens (tertiary/aromatic N) is 2. The van der Waals surface area contributed by atoms with Crippen LogP contribution in [0.1, 0.15) is 36.4 Å². The van der Waals surface area contributed by atoms with Crippen LogP contribution in [0.15, 0.2) is 36.0 Å². The van der Waals surface area contributed by atoms with E-state index in [0.29, 0.717) is 12.2 Å².